The van der Waals surface area contributed by atoms with Crippen LogP contribution in [0, 0.1) is 6.92 Å². The molecule has 0 fully saturated rings. The summed E-state index contributed by atoms with van der Waals surface area (Å²) in [5.41, 5.74) is 0.242. The molecule has 0 saturated heterocycles. The van der Waals surface area contributed by atoms with Crippen LogP contribution in [0.1, 0.15) is 5.69 Å². The van der Waals surface area contributed by atoms with Crippen LogP contribution in [0.25, 0.3) is 0 Å². The van der Waals surface area contributed by atoms with Crippen molar-refractivity contribution in [2.45, 2.75) is 12.0 Å². The average Bonchev–Trinajstić information content (AvgIpc) is 2.08. The van der Waals surface area contributed by atoms with Crippen molar-refractivity contribution in [3.8, 4) is 0 Å². The molecule has 1 heterocycles. The first kappa shape index (κ1) is 9.02. The van der Waals surface area contributed by atoms with E-state index in [1.54, 1.807) is 0 Å². The third kappa shape index (κ3) is 1.94. The predicted octanol–water partition coefficient (Wildman–Crippen LogP) is 1.67. The molecule has 1 rings (SSSR count). The number of halogens is 2. The summed E-state index contributed by atoms with van der Waals surface area (Å²) < 4.78 is 26.0. The summed E-state index contributed by atoms with van der Waals surface area (Å²) >= 11 is 2.87. The molecule has 0 bridgehead atoms. The zero-order valence-corrected chi connectivity index (χ0v) is 8.49. The zero-order valence-electron chi connectivity index (χ0n) is 5.34. The monoisotopic (exact) mass is 259 g/mol. The molecule has 0 saturated carbocycles. The Hall–Kier alpha value is -0.0700. The fourth-order valence-corrected chi connectivity index (χ4v) is 2.12. The van der Waals surface area contributed by atoms with Crippen molar-refractivity contribution in [1.82, 2.24) is 4.98 Å². The average molecular weight is 260 g/mol. The van der Waals surface area contributed by atoms with Crippen LogP contribution in [0.2, 0.25) is 0 Å². The molecule has 0 amide bonds. The van der Waals surface area contributed by atoms with Gasteiger partial charge in [0, 0.05) is 26.6 Å². The van der Waals surface area contributed by atoms with Gasteiger partial charge in [-0.05, 0) is 6.92 Å². The second kappa shape index (κ2) is 2.76. The number of aryl methyl sites for hydroxylation is 1. The fourth-order valence-electron chi connectivity index (χ4n) is 0.577. The summed E-state index contributed by atoms with van der Waals surface area (Å²) in [6.07, 6.45) is 0. The smallest absolute Gasteiger partial charge is 0.296 e. The molecule has 0 spiro atoms. The molecule has 62 valence electrons. The molecular formula is C4H3BrClNO3S. The van der Waals surface area contributed by atoms with E-state index in [0.29, 0.717) is 0 Å². The van der Waals surface area contributed by atoms with E-state index in [1.807, 2.05) is 0 Å². The second-order valence-electron chi connectivity index (χ2n) is 1.78. The molecule has 0 aromatic carbocycles. The highest BCUT2D eigenvalue weighted by molar-refractivity contribution is 9.10. The lowest BCUT2D eigenvalue weighted by Gasteiger charge is -1.86. The first-order chi connectivity index (χ1) is 4.91. The van der Waals surface area contributed by atoms with Crippen molar-refractivity contribution < 1.29 is 12.8 Å². The molecule has 1 aromatic heterocycles. The lowest BCUT2D eigenvalue weighted by atomic mass is 10.6. The first-order valence-electron chi connectivity index (χ1n) is 2.49. The summed E-state index contributed by atoms with van der Waals surface area (Å²) in [6.45, 7) is 1.49. The summed E-state index contributed by atoms with van der Waals surface area (Å²) in [6, 6.07) is 0. The molecule has 11 heavy (non-hydrogen) atoms. The quantitative estimate of drug-likeness (QED) is 0.721. The summed E-state index contributed by atoms with van der Waals surface area (Å²) in [5, 5.41) is -0.314. The van der Waals surface area contributed by atoms with E-state index in [0.717, 1.165) is 0 Å². The highest BCUT2D eigenvalue weighted by Gasteiger charge is 2.20. The number of hydrogen-bond acceptors (Lipinski definition) is 4. The lowest BCUT2D eigenvalue weighted by Crippen LogP contribution is -1.89. The maximum atomic E-state index is 10.7. The molecule has 0 aliphatic rings. The molecule has 0 N–H and O–H groups in total. The van der Waals surface area contributed by atoms with Crippen LogP contribution in [0.4, 0.5) is 0 Å². The van der Waals surface area contributed by atoms with E-state index < -0.39 is 9.05 Å². The molecule has 1 aromatic rings. The Kier molecular flexibility index (Phi) is 2.27. The predicted molar refractivity (Wildman–Crippen MR) is 42.0 cm³/mol. The summed E-state index contributed by atoms with van der Waals surface area (Å²) in [7, 11) is 1.20. The van der Waals surface area contributed by atoms with Gasteiger partial charge in [0.1, 0.15) is 0 Å². The minimum atomic E-state index is -3.80. The molecule has 4 nitrogen and oxygen atoms in total. The number of aromatic nitrogens is 1. The van der Waals surface area contributed by atoms with E-state index in [9.17, 15) is 8.42 Å². The SMILES string of the molecule is Cc1nc(Br)oc1S(=O)(=O)Cl. The van der Waals surface area contributed by atoms with Gasteiger partial charge in [0.05, 0.1) is 5.69 Å². The van der Waals surface area contributed by atoms with Crippen LogP contribution in [0.15, 0.2) is 14.3 Å². The van der Waals surface area contributed by atoms with Gasteiger partial charge in [-0.25, -0.2) is 13.4 Å². The van der Waals surface area contributed by atoms with Gasteiger partial charge in [0.2, 0.25) is 0 Å². The third-order valence-corrected chi connectivity index (χ3v) is 2.53. The molecule has 0 unspecified atom stereocenters. The Morgan fingerprint density at radius 2 is 2.18 bits per heavy atom. The molecular weight excluding hydrogens is 257 g/mol. The Bertz CT molecular complexity index is 371. The number of oxazole rings is 1. The Balaban J connectivity index is 3.36. The van der Waals surface area contributed by atoms with Gasteiger partial charge in [0.25, 0.3) is 18.9 Å². The van der Waals surface area contributed by atoms with Gasteiger partial charge in [-0.1, -0.05) is 0 Å². The normalized spacial score (nSPS) is 11.9. The Morgan fingerprint density at radius 1 is 1.64 bits per heavy atom. The van der Waals surface area contributed by atoms with Crippen molar-refractivity contribution in [2.75, 3.05) is 0 Å². The van der Waals surface area contributed by atoms with Crippen LogP contribution in [0.5, 0.6) is 0 Å². The standard InChI is InChI=1S/C4H3BrClNO3S/c1-2-3(11(6,8)9)10-4(5)7-2/h1H3. The molecule has 7 heteroatoms. The van der Waals surface area contributed by atoms with Gasteiger partial charge >= 0.3 is 0 Å². The van der Waals surface area contributed by atoms with E-state index in [4.69, 9.17) is 10.7 Å². The Morgan fingerprint density at radius 3 is 2.36 bits per heavy atom. The minimum Gasteiger partial charge on any atom is -0.418 e. The van der Waals surface area contributed by atoms with Crippen molar-refractivity contribution in [1.29, 1.82) is 0 Å². The summed E-state index contributed by atoms with van der Waals surface area (Å²) in [4.78, 5) is 3.77. The number of rotatable bonds is 1. The van der Waals surface area contributed by atoms with Gasteiger partial charge in [-0.3, -0.25) is 0 Å². The molecule has 0 atom stereocenters. The van der Waals surface area contributed by atoms with Crippen molar-refractivity contribution in [2.24, 2.45) is 0 Å². The van der Waals surface area contributed by atoms with E-state index in [-0.39, 0.29) is 15.6 Å². The van der Waals surface area contributed by atoms with Crippen LogP contribution in [-0.2, 0) is 9.05 Å². The van der Waals surface area contributed by atoms with E-state index in [1.165, 1.54) is 6.92 Å². The topological polar surface area (TPSA) is 60.2 Å². The second-order valence-corrected chi connectivity index (χ2v) is 4.92. The van der Waals surface area contributed by atoms with Crippen molar-refractivity contribution in [3.05, 3.63) is 10.5 Å². The van der Waals surface area contributed by atoms with Crippen LogP contribution in [-0.4, -0.2) is 13.4 Å². The maximum absolute atomic E-state index is 10.7. The first-order valence-corrected chi connectivity index (χ1v) is 5.59. The van der Waals surface area contributed by atoms with Gasteiger partial charge in [-0.15, -0.1) is 0 Å². The highest BCUT2D eigenvalue weighted by Crippen LogP contribution is 2.22. The van der Waals surface area contributed by atoms with Crippen molar-refractivity contribution in [3.63, 3.8) is 0 Å². The fraction of sp³-hybridized carbons (Fsp3) is 0.250. The highest BCUT2D eigenvalue weighted by atomic mass is 79.9. The Labute approximate surface area is 76.1 Å². The minimum absolute atomic E-state index is 0.106. The maximum Gasteiger partial charge on any atom is 0.296 e. The van der Waals surface area contributed by atoms with Crippen LogP contribution >= 0.6 is 26.6 Å². The lowest BCUT2D eigenvalue weighted by molar-refractivity contribution is 0.428. The molecule has 0 radical (unpaired) electrons. The largest absolute Gasteiger partial charge is 0.418 e. The van der Waals surface area contributed by atoms with Gasteiger partial charge < -0.3 is 4.42 Å². The number of hydrogen-bond donors (Lipinski definition) is 0. The van der Waals surface area contributed by atoms with Crippen LogP contribution in [0.3, 0.4) is 0 Å². The van der Waals surface area contributed by atoms with E-state index in [2.05, 4.69) is 25.3 Å². The van der Waals surface area contributed by atoms with Gasteiger partial charge in [0.15, 0.2) is 0 Å². The molecule has 0 aliphatic carbocycles. The van der Waals surface area contributed by atoms with E-state index >= 15 is 0 Å². The van der Waals surface area contributed by atoms with Crippen molar-refractivity contribution >= 4 is 35.7 Å². The zero-order chi connectivity index (χ0) is 8.65. The summed E-state index contributed by atoms with van der Waals surface area (Å²) in [5.74, 6) is 0. The third-order valence-electron chi connectivity index (χ3n) is 0.949. The van der Waals surface area contributed by atoms with Gasteiger partial charge in [-0.2, -0.15) is 0 Å². The number of nitrogens with zero attached hydrogens (tertiary/aromatic N) is 1. The molecule has 0 aliphatic heterocycles. The van der Waals surface area contributed by atoms with Crippen LogP contribution < -0.4 is 0 Å².